The zero-order valence-corrected chi connectivity index (χ0v) is 23.1. The number of rotatable bonds is 5. The van der Waals surface area contributed by atoms with Crippen LogP contribution in [0, 0.1) is 0 Å². The van der Waals surface area contributed by atoms with Crippen LogP contribution in [0.4, 0.5) is 16.2 Å². The Balaban J connectivity index is 1.42. The van der Waals surface area contributed by atoms with Crippen LogP contribution in [0.3, 0.4) is 0 Å². The summed E-state index contributed by atoms with van der Waals surface area (Å²) in [6.45, 7) is 12.8. The van der Waals surface area contributed by atoms with Crippen molar-refractivity contribution >= 4 is 29.2 Å². The molecule has 0 atom stereocenters. The molecule has 0 N–H and O–H groups in total. The van der Waals surface area contributed by atoms with Crippen LogP contribution >= 0.6 is 0 Å². The third kappa shape index (κ3) is 4.69. The van der Waals surface area contributed by atoms with Gasteiger partial charge in [0.2, 0.25) is 5.91 Å². The van der Waals surface area contributed by atoms with Crippen LogP contribution in [0.1, 0.15) is 45.2 Å². The molecule has 0 saturated carbocycles. The number of anilines is 2. The quantitative estimate of drug-likeness (QED) is 0.566. The van der Waals surface area contributed by atoms with E-state index in [0.717, 1.165) is 49.4 Å². The standard InChI is InChI=1S/C29H38N6O3/c1-28(2)20-33(25(36)19-32-14-6-13-31(5)15-16-32)24-17-22(7-8-23(24)28)35-26(37)29(3,4)34(27(35)38)18-21-9-11-30-12-10-21/h7-12,17H,6,13-16,18-20H2,1-5H3. The molecule has 2 fully saturated rings. The van der Waals surface area contributed by atoms with Crippen LogP contribution < -0.4 is 9.80 Å². The number of carbonyl (C=O) groups is 3. The molecule has 1 aromatic heterocycles. The van der Waals surface area contributed by atoms with E-state index in [-0.39, 0.29) is 23.3 Å². The van der Waals surface area contributed by atoms with Gasteiger partial charge >= 0.3 is 6.03 Å². The summed E-state index contributed by atoms with van der Waals surface area (Å²) >= 11 is 0. The number of aromatic nitrogens is 1. The first kappa shape index (κ1) is 26.3. The lowest BCUT2D eigenvalue weighted by atomic mass is 9.87. The number of imide groups is 1. The number of nitrogens with zero attached hydrogens (tertiary/aromatic N) is 6. The summed E-state index contributed by atoms with van der Waals surface area (Å²) < 4.78 is 0. The van der Waals surface area contributed by atoms with E-state index in [0.29, 0.717) is 25.3 Å². The van der Waals surface area contributed by atoms with Gasteiger partial charge in [0.1, 0.15) is 5.54 Å². The Morgan fingerprint density at radius 3 is 2.45 bits per heavy atom. The Kier molecular flexibility index (Phi) is 6.77. The molecule has 1 aromatic carbocycles. The second kappa shape index (κ2) is 9.78. The van der Waals surface area contributed by atoms with Gasteiger partial charge in [0, 0.05) is 49.7 Å². The maximum Gasteiger partial charge on any atom is 0.332 e. The molecule has 0 bridgehead atoms. The number of hydrogen-bond acceptors (Lipinski definition) is 6. The molecular formula is C29H38N6O3. The number of fused-ring (bicyclic) bond motifs is 1. The first-order valence-corrected chi connectivity index (χ1v) is 13.4. The Bertz CT molecular complexity index is 1240. The van der Waals surface area contributed by atoms with Gasteiger partial charge in [-0.1, -0.05) is 19.9 Å². The van der Waals surface area contributed by atoms with Crippen LogP contribution in [0.2, 0.25) is 0 Å². The minimum Gasteiger partial charge on any atom is -0.310 e. The lowest BCUT2D eigenvalue weighted by molar-refractivity contribution is -0.123. The summed E-state index contributed by atoms with van der Waals surface area (Å²) in [6, 6.07) is 8.99. The first-order chi connectivity index (χ1) is 18.0. The van der Waals surface area contributed by atoms with E-state index in [2.05, 4.69) is 35.7 Å². The van der Waals surface area contributed by atoms with E-state index in [1.807, 2.05) is 35.2 Å². The van der Waals surface area contributed by atoms with Crippen molar-refractivity contribution in [1.82, 2.24) is 19.7 Å². The molecule has 3 aliphatic rings. The summed E-state index contributed by atoms with van der Waals surface area (Å²) in [6.07, 6.45) is 4.40. The highest BCUT2D eigenvalue weighted by Gasteiger charge is 2.52. The smallest absolute Gasteiger partial charge is 0.310 e. The fraction of sp³-hybridized carbons (Fsp3) is 0.517. The Labute approximate surface area is 225 Å². The predicted molar refractivity (Wildman–Crippen MR) is 147 cm³/mol. The number of carbonyl (C=O) groups excluding carboxylic acids is 3. The normalized spacial score (nSPS) is 21.7. The summed E-state index contributed by atoms with van der Waals surface area (Å²) in [5.74, 6) is -0.224. The van der Waals surface area contributed by atoms with Crippen molar-refractivity contribution in [2.45, 2.75) is 51.6 Å². The van der Waals surface area contributed by atoms with Gasteiger partial charge in [-0.3, -0.25) is 19.5 Å². The average molecular weight is 519 g/mol. The van der Waals surface area contributed by atoms with Gasteiger partial charge in [-0.2, -0.15) is 0 Å². The zero-order chi connectivity index (χ0) is 27.2. The molecule has 9 nitrogen and oxygen atoms in total. The highest BCUT2D eigenvalue weighted by molar-refractivity contribution is 6.23. The highest BCUT2D eigenvalue weighted by atomic mass is 16.2. The van der Waals surface area contributed by atoms with Crippen LogP contribution in [0.25, 0.3) is 0 Å². The predicted octanol–water partition coefficient (Wildman–Crippen LogP) is 3.09. The maximum absolute atomic E-state index is 13.6. The highest BCUT2D eigenvalue weighted by Crippen LogP contribution is 2.44. The van der Waals surface area contributed by atoms with E-state index in [4.69, 9.17) is 0 Å². The van der Waals surface area contributed by atoms with E-state index >= 15 is 0 Å². The topological polar surface area (TPSA) is 80.3 Å². The molecule has 0 spiro atoms. The van der Waals surface area contributed by atoms with Gasteiger partial charge in [0.25, 0.3) is 5.91 Å². The molecule has 0 unspecified atom stereocenters. The second-order valence-electron chi connectivity index (χ2n) is 11.9. The number of benzene rings is 1. The lowest BCUT2D eigenvalue weighted by Gasteiger charge is -2.27. The second-order valence-corrected chi connectivity index (χ2v) is 11.9. The van der Waals surface area contributed by atoms with E-state index in [9.17, 15) is 14.4 Å². The van der Waals surface area contributed by atoms with Gasteiger partial charge < -0.3 is 14.7 Å². The molecule has 5 rings (SSSR count). The first-order valence-electron chi connectivity index (χ1n) is 13.4. The monoisotopic (exact) mass is 518 g/mol. The van der Waals surface area contributed by atoms with E-state index in [1.54, 1.807) is 31.1 Å². The van der Waals surface area contributed by atoms with Gasteiger partial charge in [0.15, 0.2) is 0 Å². The van der Waals surface area contributed by atoms with Crippen molar-refractivity contribution in [2.75, 3.05) is 56.1 Å². The van der Waals surface area contributed by atoms with Gasteiger partial charge in [-0.25, -0.2) is 9.69 Å². The molecule has 0 radical (unpaired) electrons. The average Bonchev–Trinajstić information content (AvgIpc) is 3.11. The number of urea groups is 1. The zero-order valence-electron chi connectivity index (χ0n) is 23.1. The fourth-order valence-corrected chi connectivity index (χ4v) is 5.78. The third-order valence-corrected chi connectivity index (χ3v) is 8.20. The van der Waals surface area contributed by atoms with Gasteiger partial charge in [-0.15, -0.1) is 0 Å². The number of amides is 4. The Morgan fingerprint density at radius 1 is 0.974 bits per heavy atom. The van der Waals surface area contributed by atoms with Crippen LogP contribution in [0.15, 0.2) is 42.7 Å². The lowest BCUT2D eigenvalue weighted by Crippen LogP contribution is -2.43. The SMILES string of the molecule is CN1CCCN(CC(=O)N2CC(C)(C)c3ccc(N4C(=O)N(Cc5ccncc5)C(C)(C)C4=O)cc32)CC1. The molecule has 2 aromatic rings. The third-order valence-electron chi connectivity index (χ3n) is 8.20. The minimum atomic E-state index is -1.01. The Morgan fingerprint density at radius 2 is 1.71 bits per heavy atom. The van der Waals surface area contributed by atoms with Crippen molar-refractivity contribution in [2.24, 2.45) is 0 Å². The number of hydrogen-bond donors (Lipinski definition) is 0. The van der Waals surface area contributed by atoms with Crippen molar-refractivity contribution in [1.29, 1.82) is 0 Å². The molecule has 4 amide bonds. The largest absolute Gasteiger partial charge is 0.332 e. The number of likely N-dealkylation sites (N-methyl/N-ethyl adjacent to an activating group) is 1. The van der Waals surface area contributed by atoms with Crippen LogP contribution in [-0.2, 0) is 21.5 Å². The van der Waals surface area contributed by atoms with Gasteiger partial charge in [-0.05, 0) is 75.8 Å². The van der Waals surface area contributed by atoms with Gasteiger partial charge in [0.05, 0.1) is 12.2 Å². The van der Waals surface area contributed by atoms with E-state index in [1.165, 1.54) is 4.90 Å². The molecule has 0 aliphatic carbocycles. The summed E-state index contributed by atoms with van der Waals surface area (Å²) in [5, 5.41) is 0. The molecule has 3 aliphatic heterocycles. The summed E-state index contributed by atoms with van der Waals surface area (Å²) in [7, 11) is 2.12. The number of pyridine rings is 1. The summed E-state index contributed by atoms with van der Waals surface area (Å²) in [4.78, 5) is 54.1. The molecular weight excluding hydrogens is 480 g/mol. The van der Waals surface area contributed by atoms with Crippen LogP contribution in [-0.4, -0.2) is 89.4 Å². The van der Waals surface area contributed by atoms with Crippen molar-refractivity contribution < 1.29 is 14.4 Å². The summed E-state index contributed by atoms with van der Waals surface area (Å²) in [5.41, 5.74) is 2.01. The maximum atomic E-state index is 13.6. The molecule has 2 saturated heterocycles. The molecule has 38 heavy (non-hydrogen) atoms. The Hall–Kier alpha value is -3.30. The molecule has 202 valence electrons. The van der Waals surface area contributed by atoms with Crippen molar-refractivity contribution in [3.63, 3.8) is 0 Å². The minimum absolute atomic E-state index is 0.0530. The van der Waals surface area contributed by atoms with Crippen LogP contribution in [0.5, 0.6) is 0 Å². The van der Waals surface area contributed by atoms with E-state index < -0.39 is 5.54 Å². The molecule has 9 heteroatoms. The van der Waals surface area contributed by atoms with Crippen molar-refractivity contribution in [3.8, 4) is 0 Å². The fourth-order valence-electron chi connectivity index (χ4n) is 5.78. The molecule has 4 heterocycles. The van der Waals surface area contributed by atoms with Crippen molar-refractivity contribution in [3.05, 3.63) is 53.9 Å².